The lowest BCUT2D eigenvalue weighted by molar-refractivity contribution is -0.384. The summed E-state index contributed by atoms with van der Waals surface area (Å²) in [5, 5.41) is 10.5. The maximum absolute atomic E-state index is 11.1. The van der Waals surface area contributed by atoms with Gasteiger partial charge in [-0.1, -0.05) is 28.9 Å². The van der Waals surface area contributed by atoms with E-state index < -0.39 is 4.92 Å². The molecule has 4 nitrogen and oxygen atoms in total. The van der Waals surface area contributed by atoms with Crippen LogP contribution >= 0.6 is 15.9 Å². The summed E-state index contributed by atoms with van der Waals surface area (Å²) >= 11 is 3.28. The minimum atomic E-state index is -0.442. The number of benzene rings is 1. The molecule has 0 saturated heterocycles. The maximum Gasteiger partial charge on any atom is 0.270 e. The van der Waals surface area contributed by atoms with E-state index in [0.717, 1.165) is 5.56 Å². The Labute approximate surface area is 102 Å². The van der Waals surface area contributed by atoms with Crippen LogP contribution in [0.4, 0.5) is 5.69 Å². The lowest BCUT2D eigenvalue weighted by atomic mass is 9.98. The monoisotopic (exact) mass is 285 g/mol. The van der Waals surface area contributed by atoms with Gasteiger partial charge in [-0.3, -0.25) is 14.9 Å². The average Bonchev–Trinajstić information content (AvgIpc) is 2.20. The molecule has 1 atom stereocenters. The summed E-state index contributed by atoms with van der Waals surface area (Å²) in [5.74, 6) is 0.0445. The molecule has 16 heavy (non-hydrogen) atoms. The SMILES string of the molecule is CC(=O)C(C)Cc1ccc([N+](=O)[O-])cc1Br. The highest BCUT2D eigenvalue weighted by Crippen LogP contribution is 2.25. The average molecular weight is 286 g/mol. The van der Waals surface area contributed by atoms with E-state index >= 15 is 0 Å². The number of rotatable bonds is 4. The molecule has 1 rings (SSSR count). The summed E-state index contributed by atoms with van der Waals surface area (Å²) in [6, 6.07) is 4.59. The number of ketones is 1. The molecule has 0 saturated carbocycles. The zero-order valence-corrected chi connectivity index (χ0v) is 10.7. The molecule has 0 aromatic heterocycles. The normalized spacial score (nSPS) is 12.2. The van der Waals surface area contributed by atoms with Gasteiger partial charge in [0.2, 0.25) is 0 Å². The van der Waals surface area contributed by atoms with E-state index in [4.69, 9.17) is 0 Å². The first kappa shape index (κ1) is 12.8. The van der Waals surface area contributed by atoms with Gasteiger partial charge in [-0.05, 0) is 18.9 Å². The van der Waals surface area contributed by atoms with Crippen LogP contribution in [0.5, 0.6) is 0 Å². The number of nitrogens with zero attached hydrogens (tertiary/aromatic N) is 1. The van der Waals surface area contributed by atoms with Gasteiger partial charge in [-0.25, -0.2) is 0 Å². The van der Waals surface area contributed by atoms with Crippen LogP contribution in [0.2, 0.25) is 0 Å². The molecule has 0 aliphatic carbocycles. The third kappa shape index (κ3) is 3.13. The number of Topliss-reactive ketones (excluding diaryl/α,β-unsaturated/α-hetero) is 1. The molecular weight excluding hydrogens is 274 g/mol. The number of nitro groups is 1. The lowest BCUT2D eigenvalue weighted by Gasteiger charge is -2.08. The summed E-state index contributed by atoms with van der Waals surface area (Å²) in [5.41, 5.74) is 0.958. The van der Waals surface area contributed by atoms with Gasteiger partial charge in [0, 0.05) is 22.5 Å². The Morgan fingerprint density at radius 1 is 1.56 bits per heavy atom. The van der Waals surface area contributed by atoms with Gasteiger partial charge in [-0.2, -0.15) is 0 Å². The number of carbonyl (C=O) groups is 1. The molecule has 0 amide bonds. The molecule has 0 fully saturated rings. The predicted octanol–water partition coefficient (Wildman–Crippen LogP) is 3.12. The molecule has 86 valence electrons. The fourth-order valence-electron chi connectivity index (χ4n) is 1.29. The zero-order chi connectivity index (χ0) is 12.3. The van der Waals surface area contributed by atoms with Crippen molar-refractivity contribution in [3.63, 3.8) is 0 Å². The summed E-state index contributed by atoms with van der Waals surface area (Å²) in [4.78, 5) is 21.2. The summed E-state index contributed by atoms with van der Waals surface area (Å²) < 4.78 is 0.676. The lowest BCUT2D eigenvalue weighted by Crippen LogP contribution is -2.09. The first-order valence-electron chi connectivity index (χ1n) is 4.85. The van der Waals surface area contributed by atoms with Crippen molar-refractivity contribution >= 4 is 27.4 Å². The second kappa shape index (κ2) is 5.21. The Kier molecular flexibility index (Phi) is 4.18. The number of nitro benzene ring substituents is 1. The van der Waals surface area contributed by atoms with Gasteiger partial charge >= 0.3 is 0 Å². The van der Waals surface area contributed by atoms with E-state index in [1.807, 2.05) is 6.92 Å². The topological polar surface area (TPSA) is 60.2 Å². The summed E-state index contributed by atoms with van der Waals surface area (Å²) in [6.45, 7) is 3.39. The van der Waals surface area contributed by atoms with Gasteiger partial charge in [0.05, 0.1) is 4.92 Å². The van der Waals surface area contributed by atoms with Crippen LogP contribution in [-0.2, 0) is 11.2 Å². The third-order valence-electron chi connectivity index (χ3n) is 2.47. The van der Waals surface area contributed by atoms with Crippen LogP contribution in [0.3, 0.4) is 0 Å². The van der Waals surface area contributed by atoms with E-state index in [2.05, 4.69) is 15.9 Å². The van der Waals surface area contributed by atoms with E-state index in [9.17, 15) is 14.9 Å². The molecule has 0 bridgehead atoms. The number of carbonyl (C=O) groups excluding carboxylic acids is 1. The number of halogens is 1. The predicted molar refractivity (Wildman–Crippen MR) is 64.3 cm³/mol. The molecule has 0 heterocycles. The third-order valence-corrected chi connectivity index (χ3v) is 3.21. The first-order valence-corrected chi connectivity index (χ1v) is 5.64. The van der Waals surface area contributed by atoms with Crippen molar-refractivity contribution in [2.24, 2.45) is 5.92 Å². The highest BCUT2D eigenvalue weighted by atomic mass is 79.9. The van der Waals surface area contributed by atoms with Crippen molar-refractivity contribution in [3.05, 3.63) is 38.3 Å². The van der Waals surface area contributed by atoms with Gasteiger partial charge in [-0.15, -0.1) is 0 Å². The van der Waals surface area contributed by atoms with Gasteiger partial charge in [0.1, 0.15) is 5.78 Å². The number of non-ortho nitro benzene ring substituents is 1. The van der Waals surface area contributed by atoms with Gasteiger partial charge in [0.15, 0.2) is 0 Å². The molecule has 1 aromatic rings. The number of hydrogen-bond donors (Lipinski definition) is 0. The van der Waals surface area contributed by atoms with Crippen molar-refractivity contribution in [1.82, 2.24) is 0 Å². The molecule has 1 aromatic carbocycles. The molecule has 5 heteroatoms. The van der Waals surface area contributed by atoms with Crippen LogP contribution in [0.15, 0.2) is 22.7 Å². The van der Waals surface area contributed by atoms with Crippen molar-refractivity contribution in [2.75, 3.05) is 0 Å². The molecule has 0 radical (unpaired) electrons. The second-order valence-electron chi connectivity index (χ2n) is 3.75. The van der Waals surface area contributed by atoms with Gasteiger partial charge in [0.25, 0.3) is 5.69 Å². The van der Waals surface area contributed by atoms with Gasteiger partial charge < -0.3 is 0 Å². The fraction of sp³-hybridized carbons (Fsp3) is 0.364. The van der Waals surface area contributed by atoms with Crippen LogP contribution in [-0.4, -0.2) is 10.7 Å². The summed E-state index contributed by atoms with van der Waals surface area (Å²) in [7, 11) is 0. The molecule has 0 aliphatic rings. The van der Waals surface area contributed by atoms with E-state index in [1.165, 1.54) is 12.1 Å². The van der Waals surface area contributed by atoms with Crippen molar-refractivity contribution in [3.8, 4) is 0 Å². The standard InChI is InChI=1S/C11H12BrNO3/c1-7(8(2)14)5-9-3-4-10(13(15)16)6-11(9)12/h3-4,6-7H,5H2,1-2H3. The molecule has 0 spiro atoms. The van der Waals surface area contributed by atoms with Crippen molar-refractivity contribution in [1.29, 1.82) is 0 Å². The Balaban J connectivity index is 2.91. The fourth-order valence-corrected chi connectivity index (χ4v) is 1.82. The highest BCUT2D eigenvalue weighted by molar-refractivity contribution is 9.10. The Hall–Kier alpha value is -1.23. The number of hydrogen-bond acceptors (Lipinski definition) is 3. The van der Waals surface area contributed by atoms with E-state index in [1.54, 1.807) is 13.0 Å². The maximum atomic E-state index is 11.1. The molecule has 1 unspecified atom stereocenters. The van der Waals surface area contributed by atoms with Crippen molar-refractivity contribution in [2.45, 2.75) is 20.3 Å². The van der Waals surface area contributed by atoms with E-state index in [-0.39, 0.29) is 17.4 Å². The van der Waals surface area contributed by atoms with Crippen LogP contribution in [0, 0.1) is 16.0 Å². The van der Waals surface area contributed by atoms with Crippen molar-refractivity contribution < 1.29 is 9.72 Å². The highest BCUT2D eigenvalue weighted by Gasteiger charge is 2.13. The smallest absolute Gasteiger partial charge is 0.270 e. The Morgan fingerprint density at radius 3 is 2.62 bits per heavy atom. The first-order chi connectivity index (χ1) is 7.41. The molecule has 0 aliphatic heterocycles. The Morgan fingerprint density at radius 2 is 2.19 bits per heavy atom. The van der Waals surface area contributed by atoms with Crippen LogP contribution in [0.1, 0.15) is 19.4 Å². The zero-order valence-electron chi connectivity index (χ0n) is 9.07. The minimum Gasteiger partial charge on any atom is -0.300 e. The quantitative estimate of drug-likeness (QED) is 0.631. The van der Waals surface area contributed by atoms with Crippen LogP contribution in [0.25, 0.3) is 0 Å². The largest absolute Gasteiger partial charge is 0.300 e. The van der Waals surface area contributed by atoms with E-state index in [0.29, 0.717) is 10.9 Å². The Bertz CT molecular complexity index is 431. The second-order valence-corrected chi connectivity index (χ2v) is 4.60. The van der Waals surface area contributed by atoms with Crippen LogP contribution < -0.4 is 0 Å². The minimum absolute atomic E-state index is 0.0473. The summed E-state index contributed by atoms with van der Waals surface area (Å²) in [6.07, 6.45) is 0.591. The molecule has 0 N–H and O–H groups in total. The molecular formula is C11H12BrNO3.